The summed E-state index contributed by atoms with van der Waals surface area (Å²) in [5.41, 5.74) is 0.994. The Labute approximate surface area is 154 Å². The zero-order valence-electron chi connectivity index (χ0n) is 15.0. The summed E-state index contributed by atoms with van der Waals surface area (Å²) in [5.74, 6) is -1.69. The van der Waals surface area contributed by atoms with Crippen LogP contribution in [-0.4, -0.2) is 25.4 Å². The minimum atomic E-state index is -0.699. The summed E-state index contributed by atoms with van der Waals surface area (Å²) in [5, 5.41) is 17.5. The number of carbonyl (C=O) groups excluding carboxylic acids is 1. The summed E-state index contributed by atoms with van der Waals surface area (Å²) in [6.45, 7) is 2.04. The molecule has 3 aromatic rings. The summed E-state index contributed by atoms with van der Waals surface area (Å²) >= 11 is 0. The van der Waals surface area contributed by atoms with Gasteiger partial charge in [-0.2, -0.15) is 5.10 Å². The first-order chi connectivity index (χ1) is 12.9. The molecule has 7 nitrogen and oxygen atoms in total. The molecule has 0 bridgehead atoms. The van der Waals surface area contributed by atoms with Crippen molar-refractivity contribution in [1.82, 2.24) is 19.7 Å². The van der Waals surface area contributed by atoms with Crippen LogP contribution in [-0.2, 0) is 20.0 Å². The average molecular weight is 370 g/mol. The fourth-order valence-corrected chi connectivity index (χ4v) is 3.72. The number of amides is 1. The van der Waals surface area contributed by atoms with Crippen LogP contribution in [0.25, 0.3) is 10.9 Å². The van der Waals surface area contributed by atoms with Gasteiger partial charge in [-0.15, -0.1) is 0 Å². The van der Waals surface area contributed by atoms with E-state index >= 15 is 0 Å². The van der Waals surface area contributed by atoms with E-state index in [-0.39, 0.29) is 23.5 Å². The standard InChI is InChI=1S/C19H19FN4O3/c1-10-3-4-12-5-13(20)6-14-16(12)24(10)19(27)15(17(14)25)18(26)21-7-11-8-22-23(2)9-11/h5-6,8-10,25H,3-4,7H2,1-2H3,(H,21,26). The maximum absolute atomic E-state index is 14.0. The van der Waals surface area contributed by atoms with Gasteiger partial charge in [0.05, 0.1) is 11.7 Å². The minimum Gasteiger partial charge on any atom is -0.506 e. The van der Waals surface area contributed by atoms with Crippen LogP contribution in [0.4, 0.5) is 4.39 Å². The fourth-order valence-electron chi connectivity index (χ4n) is 3.72. The number of aryl methyl sites for hydroxylation is 2. The normalized spacial score (nSPS) is 15.9. The number of aromatic nitrogens is 3. The predicted molar refractivity (Wildman–Crippen MR) is 97.2 cm³/mol. The highest BCUT2D eigenvalue weighted by atomic mass is 19.1. The molecule has 0 radical (unpaired) electrons. The van der Waals surface area contributed by atoms with Crippen LogP contribution in [0.1, 0.15) is 40.9 Å². The molecule has 2 aromatic heterocycles. The molecule has 4 rings (SSSR count). The van der Waals surface area contributed by atoms with Crippen molar-refractivity contribution in [2.75, 3.05) is 0 Å². The minimum absolute atomic E-state index is 0.150. The Hall–Kier alpha value is -3.16. The molecule has 0 fully saturated rings. The Morgan fingerprint density at radius 3 is 2.93 bits per heavy atom. The van der Waals surface area contributed by atoms with Crippen LogP contribution in [0.5, 0.6) is 5.75 Å². The van der Waals surface area contributed by atoms with E-state index in [4.69, 9.17) is 0 Å². The summed E-state index contributed by atoms with van der Waals surface area (Å²) < 4.78 is 17.1. The van der Waals surface area contributed by atoms with Crippen LogP contribution in [0.3, 0.4) is 0 Å². The second-order valence-corrected chi connectivity index (χ2v) is 6.95. The van der Waals surface area contributed by atoms with Gasteiger partial charge in [-0.3, -0.25) is 14.3 Å². The molecule has 1 aliphatic rings. The lowest BCUT2D eigenvalue weighted by Crippen LogP contribution is -2.35. The van der Waals surface area contributed by atoms with Gasteiger partial charge in [0.25, 0.3) is 11.5 Å². The lowest BCUT2D eigenvalue weighted by atomic mass is 9.95. The molecule has 27 heavy (non-hydrogen) atoms. The molecule has 0 saturated carbocycles. The first kappa shape index (κ1) is 17.3. The van der Waals surface area contributed by atoms with Crippen LogP contribution in [0.2, 0.25) is 0 Å². The van der Waals surface area contributed by atoms with Crippen molar-refractivity contribution < 1.29 is 14.3 Å². The third kappa shape index (κ3) is 2.77. The molecule has 1 atom stereocenters. The third-order valence-corrected chi connectivity index (χ3v) is 5.03. The first-order valence-corrected chi connectivity index (χ1v) is 8.72. The van der Waals surface area contributed by atoms with Gasteiger partial charge in [-0.1, -0.05) is 0 Å². The molecule has 0 aliphatic carbocycles. The number of pyridine rings is 1. The summed E-state index contributed by atoms with van der Waals surface area (Å²) in [7, 11) is 1.76. The lowest BCUT2D eigenvalue weighted by Gasteiger charge is -2.26. The quantitative estimate of drug-likeness (QED) is 0.738. The largest absolute Gasteiger partial charge is 0.506 e. The molecule has 0 saturated heterocycles. The van der Waals surface area contributed by atoms with Gasteiger partial charge in [0.2, 0.25) is 0 Å². The Morgan fingerprint density at radius 2 is 2.22 bits per heavy atom. The molecule has 3 heterocycles. The van der Waals surface area contributed by atoms with Crippen molar-refractivity contribution in [1.29, 1.82) is 0 Å². The maximum atomic E-state index is 14.0. The van der Waals surface area contributed by atoms with Gasteiger partial charge in [-0.05, 0) is 37.5 Å². The Balaban J connectivity index is 1.83. The van der Waals surface area contributed by atoms with Crippen molar-refractivity contribution in [3.05, 3.63) is 57.4 Å². The molecule has 140 valence electrons. The number of aromatic hydroxyl groups is 1. The van der Waals surface area contributed by atoms with E-state index in [0.717, 1.165) is 5.56 Å². The number of carbonyl (C=O) groups is 1. The van der Waals surface area contributed by atoms with Crippen molar-refractivity contribution in [3.63, 3.8) is 0 Å². The average Bonchev–Trinajstić information content (AvgIpc) is 3.04. The van der Waals surface area contributed by atoms with Crippen LogP contribution in [0.15, 0.2) is 29.3 Å². The molecule has 2 N–H and O–H groups in total. The molecule has 1 unspecified atom stereocenters. The number of benzene rings is 1. The zero-order valence-corrected chi connectivity index (χ0v) is 15.0. The smallest absolute Gasteiger partial charge is 0.267 e. The van der Waals surface area contributed by atoms with Gasteiger partial charge >= 0.3 is 0 Å². The predicted octanol–water partition coefficient (Wildman–Crippen LogP) is 2.02. The van der Waals surface area contributed by atoms with Crippen LogP contribution >= 0.6 is 0 Å². The highest BCUT2D eigenvalue weighted by Crippen LogP contribution is 2.35. The number of nitrogens with one attached hydrogen (secondary N) is 1. The maximum Gasteiger partial charge on any atom is 0.267 e. The van der Waals surface area contributed by atoms with E-state index in [2.05, 4.69) is 10.4 Å². The monoisotopic (exact) mass is 370 g/mol. The first-order valence-electron chi connectivity index (χ1n) is 8.72. The van der Waals surface area contributed by atoms with Crippen LogP contribution < -0.4 is 10.9 Å². The summed E-state index contributed by atoms with van der Waals surface area (Å²) in [4.78, 5) is 25.7. The second-order valence-electron chi connectivity index (χ2n) is 6.95. The van der Waals surface area contributed by atoms with Gasteiger partial charge in [0, 0.05) is 36.8 Å². The van der Waals surface area contributed by atoms with E-state index in [1.807, 2.05) is 6.92 Å². The van der Waals surface area contributed by atoms with E-state index in [9.17, 15) is 19.1 Å². The second kappa shape index (κ2) is 6.22. The van der Waals surface area contributed by atoms with Gasteiger partial charge < -0.3 is 15.0 Å². The van der Waals surface area contributed by atoms with E-state index < -0.39 is 23.0 Å². The molecule has 1 aromatic carbocycles. The van der Waals surface area contributed by atoms with Gasteiger partial charge in [0.1, 0.15) is 17.1 Å². The molecular formula is C19H19FN4O3. The molecule has 0 spiro atoms. The fraction of sp³-hybridized carbons (Fsp3) is 0.316. The molecule has 1 aliphatic heterocycles. The zero-order chi connectivity index (χ0) is 19.3. The van der Waals surface area contributed by atoms with Crippen LogP contribution in [0, 0.1) is 5.82 Å². The molecule has 1 amide bonds. The van der Waals surface area contributed by atoms with Crippen molar-refractivity contribution >= 4 is 16.8 Å². The Morgan fingerprint density at radius 1 is 1.44 bits per heavy atom. The summed E-state index contributed by atoms with van der Waals surface area (Å²) in [6, 6.07) is 2.40. The van der Waals surface area contributed by atoms with E-state index in [0.29, 0.717) is 23.9 Å². The van der Waals surface area contributed by atoms with Crippen molar-refractivity contribution in [3.8, 4) is 5.75 Å². The third-order valence-electron chi connectivity index (χ3n) is 5.03. The number of rotatable bonds is 3. The highest BCUT2D eigenvalue weighted by molar-refractivity contribution is 6.03. The lowest BCUT2D eigenvalue weighted by molar-refractivity contribution is 0.0946. The number of hydrogen-bond donors (Lipinski definition) is 2. The summed E-state index contributed by atoms with van der Waals surface area (Å²) in [6.07, 6.45) is 4.61. The van der Waals surface area contributed by atoms with Crippen molar-refractivity contribution in [2.24, 2.45) is 7.05 Å². The Kier molecular flexibility index (Phi) is 3.98. The Bertz CT molecular complexity index is 1130. The molecule has 8 heteroatoms. The van der Waals surface area contributed by atoms with E-state index in [1.165, 1.54) is 16.7 Å². The number of hydrogen-bond acceptors (Lipinski definition) is 4. The van der Waals surface area contributed by atoms with E-state index in [1.54, 1.807) is 24.1 Å². The van der Waals surface area contributed by atoms with Crippen molar-refractivity contribution in [2.45, 2.75) is 32.4 Å². The van der Waals surface area contributed by atoms with Gasteiger partial charge in [0.15, 0.2) is 0 Å². The number of nitrogens with zero attached hydrogens (tertiary/aromatic N) is 3. The van der Waals surface area contributed by atoms with Gasteiger partial charge in [-0.25, -0.2) is 4.39 Å². The number of halogens is 1. The topological polar surface area (TPSA) is 89.2 Å². The highest BCUT2D eigenvalue weighted by Gasteiger charge is 2.28. The SMILES string of the molecule is CC1CCc2cc(F)cc3c(O)c(C(=O)NCc4cnn(C)c4)c(=O)n1c23. The molecular weight excluding hydrogens is 351 g/mol.